The highest BCUT2D eigenvalue weighted by Crippen LogP contribution is 2.40. The molecule has 1 saturated heterocycles. The Morgan fingerprint density at radius 3 is 2.67 bits per heavy atom. The van der Waals surface area contributed by atoms with E-state index >= 15 is 0 Å². The molecular weight excluding hydrogens is 294 g/mol. The highest BCUT2D eigenvalue weighted by atomic mass is 35.5. The summed E-state index contributed by atoms with van der Waals surface area (Å²) in [5, 5.41) is 11.5. The Kier molecular flexibility index (Phi) is 3.29. The molecule has 3 rings (SSSR count). The summed E-state index contributed by atoms with van der Waals surface area (Å²) in [6.07, 6.45) is 2.55. The highest BCUT2D eigenvalue weighted by Gasteiger charge is 2.48. The molecule has 5 nitrogen and oxygen atoms in total. The van der Waals surface area contributed by atoms with Crippen molar-refractivity contribution in [3.63, 3.8) is 0 Å². The second-order valence-electron chi connectivity index (χ2n) is 5.15. The van der Waals surface area contributed by atoms with Gasteiger partial charge in [0.1, 0.15) is 0 Å². The van der Waals surface area contributed by atoms with Crippen LogP contribution in [0.3, 0.4) is 0 Å². The predicted molar refractivity (Wildman–Crippen MR) is 73.4 cm³/mol. The van der Waals surface area contributed by atoms with Crippen molar-refractivity contribution < 1.29 is 19.5 Å². The zero-order valence-electron chi connectivity index (χ0n) is 10.9. The van der Waals surface area contributed by atoms with Gasteiger partial charge in [0.25, 0.3) is 0 Å². The summed E-state index contributed by atoms with van der Waals surface area (Å²) < 4.78 is 0. The monoisotopic (exact) mass is 304 g/mol. The Bertz CT molecular complexity index is 682. The van der Waals surface area contributed by atoms with E-state index in [1.807, 2.05) is 0 Å². The van der Waals surface area contributed by atoms with E-state index in [1.165, 1.54) is 24.3 Å². The summed E-state index contributed by atoms with van der Waals surface area (Å²) in [6, 6.07) is 5.65. The molecule has 1 heterocycles. The first-order chi connectivity index (χ1) is 9.99. The summed E-state index contributed by atoms with van der Waals surface area (Å²) in [6.45, 7) is 0. The molecule has 1 aromatic rings. The summed E-state index contributed by atoms with van der Waals surface area (Å²) in [5.41, 5.74) is 0.191. The summed E-state index contributed by atoms with van der Waals surface area (Å²) >= 11 is 5.95. The molecule has 0 bridgehead atoms. The van der Waals surface area contributed by atoms with Gasteiger partial charge in [0.15, 0.2) is 0 Å². The molecule has 6 heteroatoms. The van der Waals surface area contributed by atoms with Crippen molar-refractivity contribution in [2.24, 2.45) is 11.8 Å². The average Bonchev–Trinajstić information content (AvgIpc) is 2.70. The molecule has 2 atom stereocenters. The number of hydrogen-bond acceptors (Lipinski definition) is 4. The topological polar surface area (TPSA) is 77.5 Å². The van der Waals surface area contributed by atoms with Gasteiger partial charge in [0.2, 0.25) is 11.8 Å². The fourth-order valence-electron chi connectivity index (χ4n) is 2.85. The number of allylic oxidation sites excluding steroid dienone is 2. The van der Waals surface area contributed by atoms with Gasteiger partial charge in [0, 0.05) is 5.03 Å². The van der Waals surface area contributed by atoms with Gasteiger partial charge in [-0.25, -0.2) is 0 Å². The van der Waals surface area contributed by atoms with Gasteiger partial charge in [-0.3, -0.25) is 14.5 Å². The van der Waals surface area contributed by atoms with Crippen LogP contribution in [0.25, 0.3) is 0 Å². The molecule has 2 amide bonds. The van der Waals surface area contributed by atoms with E-state index in [0.717, 1.165) is 4.90 Å². The number of carboxylic acid groups (broad SMARTS) is 1. The third kappa shape index (κ3) is 2.23. The van der Waals surface area contributed by atoms with Crippen molar-refractivity contribution in [1.82, 2.24) is 0 Å². The summed E-state index contributed by atoms with van der Waals surface area (Å²) in [7, 11) is 0. The second kappa shape index (κ2) is 5.00. The van der Waals surface area contributed by atoms with Crippen LogP contribution in [0.1, 0.15) is 23.2 Å². The van der Waals surface area contributed by atoms with Crippen LogP contribution in [0.15, 0.2) is 35.4 Å². The van der Waals surface area contributed by atoms with E-state index in [4.69, 9.17) is 11.6 Å². The van der Waals surface area contributed by atoms with Gasteiger partial charge in [-0.05, 0) is 30.5 Å². The molecule has 108 valence electrons. The zero-order chi connectivity index (χ0) is 15.1. The minimum absolute atomic E-state index is 0.0703. The van der Waals surface area contributed by atoms with Crippen molar-refractivity contribution in [3.05, 3.63) is 40.9 Å². The van der Waals surface area contributed by atoms with Gasteiger partial charge in [0.05, 0.1) is 23.5 Å². The van der Waals surface area contributed by atoms with Crippen LogP contribution in [0.5, 0.6) is 0 Å². The van der Waals surface area contributed by atoms with E-state index in [2.05, 4.69) is 0 Å². The molecule has 0 radical (unpaired) electrons. The first-order valence-electron chi connectivity index (χ1n) is 6.53. The molecular formula is C15H11ClNO4-. The number of halogens is 1. The quantitative estimate of drug-likeness (QED) is 0.766. The number of carbonyl (C=O) groups is 3. The zero-order valence-corrected chi connectivity index (χ0v) is 11.7. The lowest BCUT2D eigenvalue weighted by atomic mass is 9.85. The third-order valence-electron chi connectivity index (χ3n) is 3.91. The number of carboxylic acids is 1. The normalized spacial score (nSPS) is 24.8. The number of aromatic carboxylic acids is 1. The highest BCUT2D eigenvalue weighted by molar-refractivity contribution is 6.30. The van der Waals surface area contributed by atoms with Gasteiger partial charge in [-0.2, -0.15) is 0 Å². The minimum Gasteiger partial charge on any atom is -0.545 e. The van der Waals surface area contributed by atoms with Crippen molar-refractivity contribution in [2.75, 3.05) is 4.90 Å². The maximum absolute atomic E-state index is 12.4. The Balaban J connectivity index is 1.97. The maximum atomic E-state index is 12.4. The number of benzene rings is 1. The molecule has 1 aromatic carbocycles. The maximum Gasteiger partial charge on any atom is 0.238 e. The predicted octanol–water partition coefficient (Wildman–Crippen LogP) is 1.07. The van der Waals surface area contributed by atoms with Crippen molar-refractivity contribution >= 4 is 35.1 Å². The molecule has 0 spiro atoms. The number of hydrogen-bond donors (Lipinski definition) is 0. The van der Waals surface area contributed by atoms with E-state index in [0.29, 0.717) is 17.9 Å². The molecule has 0 saturated carbocycles. The Labute approximate surface area is 125 Å². The lowest BCUT2D eigenvalue weighted by molar-refractivity contribution is -0.255. The van der Waals surface area contributed by atoms with Gasteiger partial charge < -0.3 is 9.90 Å². The van der Waals surface area contributed by atoms with Gasteiger partial charge in [-0.1, -0.05) is 29.8 Å². The van der Waals surface area contributed by atoms with Gasteiger partial charge in [-0.15, -0.1) is 0 Å². The number of amides is 2. The SMILES string of the molecule is O=C([O-])c1cccc(N2C(=O)C3CC=C(Cl)CC3C2=O)c1. The van der Waals surface area contributed by atoms with E-state index in [1.54, 1.807) is 6.08 Å². The van der Waals surface area contributed by atoms with Crippen molar-refractivity contribution in [3.8, 4) is 0 Å². The first-order valence-corrected chi connectivity index (χ1v) is 6.90. The van der Waals surface area contributed by atoms with Crippen molar-refractivity contribution in [2.45, 2.75) is 12.8 Å². The molecule has 0 N–H and O–H groups in total. The summed E-state index contributed by atoms with van der Waals surface area (Å²) in [4.78, 5) is 36.8. The van der Waals surface area contributed by atoms with Crippen LogP contribution in [-0.4, -0.2) is 17.8 Å². The molecule has 2 unspecified atom stereocenters. The van der Waals surface area contributed by atoms with Crippen LogP contribution in [0.2, 0.25) is 0 Å². The fourth-order valence-corrected chi connectivity index (χ4v) is 3.11. The standard InChI is InChI=1S/C15H12ClNO4/c16-9-4-5-11-12(7-9)14(19)17(13(11)18)10-3-1-2-8(6-10)15(20)21/h1-4,6,11-12H,5,7H2,(H,20,21)/p-1. The third-order valence-corrected chi connectivity index (χ3v) is 4.22. The van der Waals surface area contributed by atoms with Crippen LogP contribution in [0.4, 0.5) is 5.69 Å². The van der Waals surface area contributed by atoms with E-state index in [9.17, 15) is 19.5 Å². The molecule has 21 heavy (non-hydrogen) atoms. The Hall–Kier alpha value is -2.14. The lowest BCUT2D eigenvalue weighted by Gasteiger charge is -2.17. The van der Waals surface area contributed by atoms with Crippen LogP contribution in [-0.2, 0) is 9.59 Å². The number of nitrogens with zero attached hydrogens (tertiary/aromatic N) is 1. The first kappa shape index (κ1) is 13.8. The van der Waals surface area contributed by atoms with E-state index < -0.39 is 17.8 Å². The molecule has 1 aliphatic carbocycles. The molecule has 1 fully saturated rings. The minimum atomic E-state index is -1.35. The largest absolute Gasteiger partial charge is 0.545 e. The summed E-state index contributed by atoms with van der Waals surface area (Å²) in [5.74, 6) is -2.85. The van der Waals surface area contributed by atoms with Crippen LogP contribution in [0, 0.1) is 11.8 Å². The number of rotatable bonds is 2. The molecule has 0 aromatic heterocycles. The molecule has 1 aliphatic heterocycles. The second-order valence-corrected chi connectivity index (χ2v) is 5.64. The van der Waals surface area contributed by atoms with Crippen LogP contribution < -0.4 is 10.0 Å². The number of fused-ring (bicyclic) bond motifs is 1. The van der Waals surface area contributed by atoms with Crippen molar-refractivity contribution in [1.29, 1.82) is 0 Å². The lowest BCUT2D eigenvalue weighted by Crippen LogP contribution is -2.31. The number of imide groups is 1. The Morgan fingerprint density at radius 1 is 1.24 bits per heavy atom. The van der Waals surface area contributed by atoms with Crippen LogP contribution >= 0.6 is 11.6 Å². The molecule has 2 aliphatic rings. The smallest absolute Gasteiger partial charge is 0.238 e. The Morgan fingerprint density at radius 2 is 1.95 bits per heavy atom. The van der Waals surface area contributed by atoms with E-state index in [-0.39, 0.29) is 23.1 Å². The number of anilines is 1. The average molecular weight is 305 g/mol. The number of carbonyl (C=O) groups excluding carboxylic acids is 3. The van der Waals surface area contributed by atoms with Gasteiger partial charge >= 0.3 is 0 Å². The fraction of sp³-hybridized carbons (Fsp3) is 0.267.